The first-order valence-electron chi connectivity index (χ1n) is 20.7. The van der Waals surface area contributed by atoms with E-state index in [4.69, 9.17) is 0 Å². The molecule has 0 saturated heterocycles. The number of para-hydroxylation sites is 1. The normalized spacial score (nSPS) is 14.0. The van der Waals surface area contributed by atoms with Crippen LogP contribution < -0.4 is 20.5 Å². The zero-order chi connectivity index (χ0) is 40.2. The number of rotatable bonds is 7. The van der Waals surface area contributed by atoms with E-state index >= 15 is 0 Å². The standard InChI is InChI=1S/C52H56N2Si3/c1-52(2)46-31-37(53(35-17-13-12-14-18-35)36-21-24-38(25-22-36)55(3,4)5)23-28-43(46)51-42-20-16-15-19-41(42)50(34-47(51)52)54-48-29-26-39(56(6,7)8)32-44(48)45-33-40(57(9,10)11)27-30-49(45)54/h12-34H,1-11H3. The summed E-state index contributed by atoms with van der Waals surface area (Å²) in [4.78, 5) is 2.43. The zero-order valence-corrected chi connectivity index (χ0v) is 38.7. The second-order valence-electron chi connectivity index (χ2n) is 20.0. The van der Waals surface area contributed by atoms with E-state index in [1.54, 1.807) is 0 Å². The molecule has 1 aliphatic rings. The van der Waals surface area contributed by atoms with Crippen molar-refractivity contribution in [2.45, 2.75) is 78.2 Å². The minimum Gasteiger partial charge on any atom is -0.310 e. The van der Waals surface area contributed by atoms with E-state index in [0.717, 1.165) is 0 Å². The van der Waals surface area contributed by atoms with Gasteiger partial charge >= 0.3 is 0 Å². The van der Waals surface area contributed by atoms with Crippen molar-refractivity contribution < 1.29 is 0 Å². The molecule has 8 aromatic rings. The second-order valence-corrected chi connectivity index (χ2v) is 35.2. The van der Waals surface area contributed by atoms with E-state index in [1.165, 1.54) is 93.1 Å². The summed E-state index contributed by atoms with van der Waals surface area (Å²) in [6, 6.07) is 53.8. The summed E-state index contributed by atoms with van der Waals surface area (Å²) < 4.78 is 2.58. The van der Waals surface area contributed by atoms with Crippen LogP contribution in [0.15, 0.2) is 140 Å². The smallest absolute Gasteiger partial charge is 0.0776 e. The van der Waals surface area contributed by atoms with Gasteiger partial charge < -0.3 is 9.47 Å². The molecular formula is C52H56N2Si3. The first kappa shape index (κ1) is 37.6. The van der Waals surface area contributed by atoms with Crippen LogP contribution in [-0.4, -0.2) is 28.8 Å². The fourth-order valence-electron chi connectivity index (χ4n) is 9.23. The molecule has 1 heterocycles. The van der Waals surface area contributed by atoms with Crippen molar-refractivity contribution in [2.24, 2.45) is 0 Å². The Labute approximate surface area is 342 Å². The lowest BCUT2D eigenvalue weighted by Gasteiger charge is -2.29. The summed E-state index contributed by atoms with van der Waals surface area (Å²) in [7, 11) is -4.52. The monoisotopic (exact) mass is 792 g/mol. The van der Waals surface area contributed by atoms with Crippen LogP contribution in [0.1, 0.15) is 25.0 Å². The van der Waals surface area contributed by atoms with Crippen LogP contribution in [0.3, 0.4) is 0 Å². The third kappa shape index (κ3) is 6.17. The first-order valence-corrected chi connectivity index (χ1v) is 31.2. The Bertz CT molecular complexity index is 2790. The molecule has 9 rings (SSSR count). The fourth-order valence-corrected chi connectivity index (χ4v) is 12.7. The highest BCUT2D eigenvalue weighted by atomic mass is 28.3. The highest BCUT2D eigenvalue weighted by Crippen LogP contribution is 2.54. The summed E-state index contributed by atoms with van der Waals surface area (Å²) in [5.74, 6) is 0. The average Bonchev–Trinajstić information content (AvgIpc) is 3.61. The SMILES string of the molecule is CC1(C)c2cc(N(c3ccccc3)c3ccc([Si](C)(C)C)cc3)ccc2-c2c1cc(-n1c3ccc([Si](C)(C)C)cc3c3cc([Si](C)(C)C)ccc31)c1ccccc21. The van der Waals surface area contributed by atoms with Gasteiger partial charge in [0.15, 0.2) is 0 Å². The summed E-state index contributed by atoms with van der Waals surface area (Å²) in [6.07, 6.45) is 0. The van der Waals surface area contributed by atoms with E-state index in [-0.39, 0.29) is 5.41 Å². The van der Waals surface area contributed by atoms with Crippen molar-refractivity contribution in [1.82, 2.24) is 4.57 Å². The van der Waals surface area contributed by atoms with Gasteiger partial charge in [-0.05, 0) is 82.2 Å². The molecule has 286 valence electrons. The maximum atomic E-state index is 2.58. The lowest BCUT2D eigenvalue weighted by molar-refractivity contribution is 0.660. The molecule has 0 unspecified atom stereocenters. The van der Waals surface area contributed by atoms with Crippen molar-refractivity contribution in [3.8, 4) is 16.8 Å². The number of nitrogens with zero attached hydrogens (tertiary/aromatic N) is 2. The first-order chi connectivity index (χ1) is 26.9. The summed E-state index contributed by atoms with van der Waals surface area (Å²) in [5, 5.41) is 9.86. The maximum Gasteiger partial charge on any atom is 0.0776 e. The minimum absolute atomic E-state index is 0.224. The van der Waals surface area contributed by atoms with Crippen LogP contribution in [0, 0.1) is 0 Å². The Hall–Kier alpha value is -4.95. The molecule has 0 fully saturated rings. The van der Waals surface area contributed by atoms with E-state index in [1.807, 2.05) is 0 Å². The third-order valence-corrected chi connectivity index (χ3v) is 18.8. The molecule has 0 bridgehead atoms. The van der Waals surface area contributed by atoms with Crippen molar-refractivity contribution >= 4 is 89.4 Å². The Morgan fingerprint density at radius 1 is 0.421 bits per heavy atom. The molecule has 0 atom stereocenters. The lowest BCUT2D eigenvalue weighted by Crippen LogP contribution is -2.37. The fraction of sp³-hybridized carbons (Fsp3) is 0.231. The largest absolute Gasteiger partial charge is 0.310 e. The number of fused-ring (bicyclic) bond motifs is 8. The molecule has 0 spiro atoms. The van der Waals surface area contributed by atoms with Gasteiger partial charge in [0.2, 0.25) is 0 Å². The molecule has 0 saturated carbocycles. The Balaban J connectivity index is 1.26. The van der Waals surface area contributed by atoms with E-state index in [2.05, 4.69) is 222 Å². The Kier molecular flexibility index (Phi) is 8.60. The van der Waals surface area contributed by atoms with Crippen molar-refractivity contribution in [2.75, 3.05) is 4.90 Å². The molecule has 0 aliphatic heterocycles. The molecule has 1 aliphatic carbocycles. The molecular weight excluding hydrogens is 737 g/mol. The Morgan fingerprint density at radius 3 is 1.47 bits per heavy atom. The minimum atomic E-state index is -1.54. The number of benzene rings is 7. The zero-order valence-electron chi connectivity index (χ0n) is 35.7. The van der Waals surface area contributed by atoms with Gasteiger partial charge in [-0.25, -0.2) is 0 Å². The number of hydrogen-bond donors (Lipinski definition) is 0. The highest BCUT2D eigenvalue weighted by molar-refractivity contribution is 6.89. The van der Waals surface area contributed by atoms with Crippen LogP contribution >= 0.6 is 0 Å². The van der Waals surface area contributed by atoms with Gasteiger partial charge in [-0.15, -0.1) is 0 Å². The quantitative estimate of drug-likeness (QED) is 0.146. The molecule has 1 aromatic heterocycles. The second kappa shape index (κ2) is 13.0. The predicted molar refractivity (Wildman–Crippen MR) is 259 cm³/mol. The molecule has 7 aromatic carbocycles. The van der Waals surface area contributed by atoms with Crippen LogP contribution in [0.25, 0.3) is 49.4 Å². The Morgan fingerprint density at radius 2 is 0.912 bits per heavy atom. The van der Waals surface area contributed by atoms with Gasteiger partial charge in [0.1, 0.15) is 0 Å². The topological polar surface area (TPSA) is 8.17 Å². The number of aromatic nitrogens is 1. The van der Waals surface area contributed by atoms with Crippen LogP contribution in [-0.2, 0) is 5.41 Å². The number of anilines is 3. The van der Waals surface area contributed by atoms with Crippen LogP contribution in [0.4, 0.5) is 17.1 Å². The average molecular weight is 793 g/mol. The van der Waals surface area contributed by atoms with Crippen molar-refractivity contribution in [3.05, 3.63) is 151 Å². The molecule has 0 amide bonds. The van der Waals surface area contributed by atoms with Gasteiger partial charge in [0.05, 0.1) is 40.9 Å². The lowest BCUT2D eigenvalue weighted by atomic mass is 9.81. The summed E-state index contributed by atoms with van der Waals surface area (Å²) in [6.45, 7) is 26.9. The van der Waals surface area contributed by atoms with Gasteiger partial charge in [0.25, 0.3) is 0 Å². The van der Waals surface area contributed by atoms with Gasteiger partial charge in [0, 0.05) is 38.6 Å². The van der Waals surface area contributed by atoms with E-state index in [9.17, 15) is 0 Å². The summed E-state index contributed by atoms with van der Waals surface area (Å²) >= 11 is 0. The number of hydrogen-bond acceptors (Lipinski definition) is 1. The van der Waals surface area contributed by atoms with Crippen molar-refractivity contribution in [1.29, 1.82) is 0 Å². The van der Waals surface area contributed by atoms with Crippen LogP contribution in [0.2, 0.25) is 58.9 Å². The highest BCUT2D eigenvalue weighted by Gasteiger charge is 2.38. The molecule has 57 heavy (non-hydrogen) atoms. The molecule has 5 heteroatoms. The maximum absolute atomic E-state index is 2.58. The van der Waals surface area contributed by atoms with E-state index < -0.39 is 24.2 Å². The van der Waals surface area contributed by atoms with Crippen molar-refractivity contribution in [3.63, 3.8) is 0 Å². The van der Waals surface area contributed by atoms with E-state index in [0.29, 0.717) is 0 Å². The van der Waals surface area contributed by atoms with Gasteiger partial charge in [-0.1, -0.05) is 173 Å². The van der Waals surface area contributed by atoms with Crippen LogP contribution in [0.5, 0.6) is 0 Å². The molecule has 0 N–H and O–H groups in total. The van der Waals surface area contributed by atoms with Gasteiger partial charge in [-0.3, -0.25) is 0 Å². The predicted octanol–water partition coefficient (Wildman–Crippen LogP) is 13.3. The molecule has 2 nitrogen and oxygen atoms in total. The van der Waals surface area contributed by atoms with Gasteiger partial charge in [-0.2, -0.15) is 0 Å². The summed E-state index contributed by atoms with van der Waals surface area (Å²) in [5.41, 5.74) is 12.6. The third-order valence-electron chi connectivity index (χ3n) is 12.6. The molecule has 0 radical (unpaired) electrons.